The van der Waals surface area contributed by atoms with Crippen LogP contribution < -0.4 is 5.32 Å². The Balaban J connectivity index is 2.20. The molecule has 106 valence electrons. The number of anilines is 1. The third-order valence-electron chi connectivity index (χ3n) is 2.77. The van der Waals surface area contributed by atoms with Gasteiger partial charge in [-0.05, 0) is 45.8 Å². The zero-order valence-corrected chi connectivity index (χ0v) is 13.9. The molecular formula is C15H10Br2N2O2. The lowest BCUT2D eigenvalue weighted by atomic mass is 10.1. The van der Waals surface area contributed by atoms with Crippen LogP contribution in [-0.4, -0.2) is 11.0 Å². The summed E-state index contributed by atoms with van der Waals surface area (Å²) in [7, 11) is 0. The highest BCUT2D eigenvalue weighted by Crippen LogP contribution is 2.32. The van der Waals surface area contributed by atoms with E-state index in [1.54, 1.807) is 36.4 Å². The fraction of sp³-hybridized carbons (Fsp3) is 0.0667. The van der Waals surface area contributed by atoms with Crippen LogP contribution in [0.25, 0.3) is 0 Å². The number of phenols is 1. The van der Waals surface area contributed by atoms with E-state index in [9.17, 15) is 9.90 Å². The molecule has 4 nitrogen and oxygen atoms in total. The van der Waals surface area contributed by atoms with Crippen molar-refractivity contribution in [3.63, 3.8) is 0 Å². The van der Waals surface area contributed by atoms with Crippen molar-refractivity contribution >= 4 is 43.5 Å². The lowest BCUT2D eigenvalue weighted by molar-refractivity contribution is 0.102. The zero-order valence-electron chi connectivity index (χ0n) is 10.7. The quantitative estimate of drug-likeness (QED) is 0.796. The van der Waals surface area contributed by atoms with Crippen LogP contribution in [0.2, 0.25) is 0 Å². The summed E-state index contributed by atoms with van der Waals surface area (Å²) in [5, 5.41) is 21.2. The van der Waals surface area contributed by atoms with Crippen LogP contribution in [0.15, 0.2) is 45.3 Å². The minimum Gasteiger partial charge on any atom is -0.506 e. The number of amides is 1. The number of phenolic OH excluding ortho intramolecular Hbond substituents is 1. The van der Waals surface area contributed by atoms with Gasteiger partial charge < -0.3 is 10.4 Å². The standard InChI is InChI=1S/C15H10Br2N2O2/c16-10-7-12(14(20)13(17)8-10)15(21)19-11-3-1-9(2-4-11)5-6-18/h1-4,7-8,20H,5H2,(H,19,21). The van der Waals surface area contributed by atoms with Crippen molar-refractivity contribution in [2.75, 3.05) is 5.32 Å². The third-order valence-corrected chi connectivity index (χ3v) is 3.83. The van der Waals surface area contributed by atoms with E-state index in [-0.39, 0.29) is 11.3 Å². The largest absolute Gasteiger partial charge is 0.506 e. The molecule has 0 aliphatic carbocycles. The van der Waals surface area contributed by atoms with Crippen LogP contribution in [0, 0.1) is 11.3 Å². The molecule has 2 aromatic rings. The van der Waals surface area contributed by atoms with Gasteiger partial charge in [-0.15, -0.1) is 0 Å². The normalized spacial score (nSPS) is 9.95. The molecule has 0 radical (unpaired) electrons. The van der Waals surface area contributed by atoms with Crippen molar-refractivity contribution in [1.29, 1.82) is 5.26 Å². The Bertz CT molecular complexity index is 722. The number of aromatic hydroxyl groups is 1. The summed E-state index contributed by atoms with van der Waals surface area (Å²) in [5.41, 5.74) is 1.64. The van der Waals surface area contributed by atoms with Crippen LogP contribution >= 0.6 is 31.9 Å². The lowest BCUT2D eigenvalue weighted by Gasteiger charge is -2.09. The van der Waals surface area contributed by atoms with Crippen LogP contribution in [-0.2, 0) is 6.42 Å². The molecule has 0 saturated heterocycles. The van der Waals surface area contributed by atoms with Crippen LogP contribution in [0.5, 0.6) is 5.75 Å². The summed E-state index contributed by atoms with van der Waals surface area (Å²) in [6, 6.07) is 12.2. The third kappa shape index (κ3) is 3.84. The molecule has 0 unspecified atom stereocenters. The van der Waals surface area contributed by atoms with E-state index in [1.807, 2.05) is 0 Å². The second-order valence-corrected chi connectivity index (χ2v) is 6.04. The first-order chi connectivity index (χ1) is 10.0. The molecule has 0 heterocycles. The molecule has 0 fully saturated rings. The molecule has 1 amide bonds. The molecule has 6 heteroatoms. The predicted octanol–water partition coefficient (Wildman–Crippen LogP) is 4.24. The molecule has 0 atom stereocenters. The topological polar surface area (TPSA) is 73.1 Å². The molecular weight excluding hydrogens is 400 g/mol. The van der Waals surface area contributed by atoms with Gasteiger partial charge in [0.2, 0.25) is 0 Å². The Hall–Kier alpha value is -1.84. The van der Waals surface area contributed by atoms with Crippen molar-refractivity contribution in [2.45, 2.75) is 6.42 Å². The van der Waals surface area contributed by atoms with Gasteiger partial charge >= 0.3 is 0 Å². The molecule has 2 rings (SSSR count). The first-order valence-electron chi connectivity index (χ1n) is 5.96. The van der Waals surface area contributed by atoms with Gasteiger partial charge in [0.25, 0.3) is 5.91 Å². The fourth-order valence-corrected chi connectivity index (χ4v) is 2.96. The van der Waals surface area contributed by atoms with Gasteiger partial charge in [-0.25, -0.2) is 0 Å². The average molecular weight is 410 g/mol. The van der Waals surface area contributed by atoms with Gasteiger partial charge in [0.15, 0.2) is 0 Å². The Labute approximate surface area is 138 Å². The molecule has 0 spiro atoms. The highest BCUT2D eigenvalue weighted by atomic mass is 79.9. The van der Waals surface area contributed by atoms with Crippen molar-refractivity contribution in [1.82, 2.24) is 0 Å². The summed E-state index contributed by atoms with van der Waals surface area (Å²) in [6.45, 7) is 0. The molecule has 21 heavy (non-hydrogen) atoms. The van der Waals surface area contributed by atoms with E-state index < -0.39 is 5.91 Å². The van der Waals surface area contributed by atoms with Gasteiger partial charge in [-0.2, -0.15) is 5.26 Å². The van der Waals surface area contributed by atoms with Gasteiger partial charge in [0, 0.05) is 10.2 Å². The van der Waals surface area contributed by atoms with Crippen molar-refractivity contribution in [3.05, 3.63) is 56.5 Å². The fourth-order valence-electron chi connectivity index (χ4n) is 1.73. The molecule has 0 bridgehead atoms. The molecule has 0 aromatic heterocycles. The Morgan fingerprint density at radius 3 is 2.52 bits per heavy atom. The van der Waals surface area contributed by atoms with E-state index in [0.717, 1.165) is 5.56 Å². The summed E-state index contributed by atoms with van der Waals surface area (Å²) < 4.78 is 1.12. The van der Waals surface area contributed by atoms with Crippen molar-refractivity contribution in [2.24, 2.45) is 0 Å². The first kappa shape index (κ1) is 15.5. The number of hydrogen-bond acceptors (Lipinski definition) is 3. The van der Waals surface area contributed by atoms with Gasteiger partial charge in [0.1, 0.15) is 5.75 Å². The van der Waals surface area contributed by atoms with Crippen molar-refractivity contribution in [3.8, 4) is 11.8 Å². The Morgan fingerprint density at radius 1 is 1.24 bits per heavy atom. The monoisotopic (exact) mass is 408 g/mol. The number of benzene rings is 2. The maximum Gasteiger partial charge on any atom is 0.259 e. The van der Waals surface area contributed by atoms with E-state index in [1.165, 1.54) is 0 Å². The van der Waals surface area contributed by atoms with Gasteiger partial charge in [-0.3, -0.25) is 4.79 Å². The van der Waals surface area contributed by atoms with E-state index in [4.69, 9.17) is 5.26 Å². The highest BCUT2D eigenvalue weighted by Gasteiger charge is 2.15. The molecule has 0 aliphatic heterocycles. The molecule has 0 saturated carbocycles. The minimum atomic E-state index is -0.414. The number of halogens is 2. The van der Waals surface area contributed by atoms with Crippen LogP contribution in [0.3, 0.4) is 0 Å². The van der Waals surface area contributed by atoms with Crippen molar-refractivity contribution < 1.29 is 9.90 Å². The number of hydrogen-bond donors (Lipinski definition) is 2. The number of nitrogens with one attached hydrogen (secondary N) is 1. The minimum absolute atomic E-state index is 0.114. The number of nitriles is 1. The maximum absolute atomic E-state index is 12.2. The maximum atomic E-state index is 12.2. The molecule has 0 aliphatic rings. The van der Waals surface area contributed by atoms with Gasteiger partial charge in [-0.1, -0.05) is 28.1 Å². The zero-order chi connectivity index (χ0) is 15.4. The second-order valence-electron chi connectivity index (χ2n) is 4.27. The predicted molar refractivity (Wildman–Crippen MR) is 87.2 cm³/mol. The summed E-state index contributed by atoms with van der Waals surface area (Å²) >= 11 is 6.46. The molecule has 2 aromatic carbocycles. The summed E-state index contributed by atoms with van der Waals surface area (Å²) in [5.74, 6) is -0.528. The number of carbonyl (C=O) groups excluding carboxylic acids is 1. The smallest absolute Gasteiger partial charge is 0.259 e. The number of carbonyl (C=O) groups is 1. The second kappa shape index (κ2) is 6.74. The van der Waals surface area contributed by atoms with E-state index in [0.29, 0.717) is 21.1 Å². The summed E-state index contributed by atoms with van der Waals surface area (Å²) in [4.78, 5) is 12.2. The highest BCUT2D eigenvalue weighted by molar-refractivity contribution is 9.11. The SMILES string of the molecule is N#CCc1ccc(NC(=O)c2cc(Br)cc(Br)c2O)cc1. The first-order valence-corrected chi connectivity index (χ1v) is 7.55. The number of nitrogens with zero attached hydrogens (tertiary/aromatic N) is 1. The number of rotatable bonds is 3. The molecule has 2 N–H and O–H groups in total. The van der Waals surface area contributed by atoms with E-state index in [2.05, 4.69) is 43.2 Å². The Morgan fingerprint density at radius 2 is 1.90 bits per heavy atom. The van der Waals surface area contributed by atoms with Crippen LogP contribution in [0.4, 0.5) is 5.69 Å². The lowest BCUT2D eigenvalue weighted by Crippen LogP contribution is -2.12. The summed E-state index contributed by atoms with van der Waals surface area (Å²) in [6.07, 6.45) is 0.327. The van der Waals surface area contributed by atoms with E-state index >= 15 is 0 Å². The average Bonchev–Trinajstić information content (AvgIpc) is 2.45. The van der Waals surface area contributed by atoms with Gasteiger partial charge in [0.05, 0.1) is 22.5 Å². The van der Waals surface area contributed by atoms with Crippen LogP contribution in [0.1, 0.15) is 15.9 Å². The Kier molecular flexibility index (Phi) is 4.99.